The van der Waals surface area contributed by atoms with Gasteiger partial charge in [0.1, 0.15) is 0 Å². The van der Waals surface area contributed by atoms with Gasteiger partial charge in [-0.25, -0.2) is 4.98 Å². The van der Waals surface area contributed by atoms with E-state index in [4.69, 9.17) is 4.74 Å². The van der Waals surface area contributed by atoms with E-state index >= 15 is 0 Å². The minimum absolute atomic E-state index is 0.0665. The van der Waals surface area contributed by atoms with Gasteiger partial charge in [-0.05, 0) is 43.7 Å². The molecule has 1 aromatic heterocycles. The van der Waals surface area contributed by atoms with E-state index in [-0.39, 0.29) is 17.2 Å². The van der Waals surface area contributed by atoms with E-state index in [1.165, 1.54) is 18.7 Å². The van der Waals surface area contributed by atoms with Crippen LogP contribution in [-0.4, -0.2) is 23.7 Å². The molecule has 7 heteroatoms. The summed E-state index contributed by atoms with van der Waals surface area (Å²) >= 11 is 0. The molecule has 1 N–H and O–H groups in total. The molecule has 0 aliphatic heterocycles. The lowest BCUT2D eigenvalue weighted by Gasteiger charge is -2.36. The molecule has 144 valence electrons. The average Bonchev–Trinajstić information content (AvgIpc) is 3.41. The third-order valence-corrected chi connectivity index (χ3v) is 5.74. The van der Waals surface area contributed by atoms with Crippen molar-refractivity contribution in [2.24, 2.45) is 5.41 Å². The van der Waals surface area contributed by atoms with Crippen molar-refractivity contribution in [1.29, 1.82) is 0 Å². The summed E-state index contributed by atoms with van der Waals surface area (Å²) in [5.74, 6) is 0.00925. The van der Waals surface area contributed by atoms with Crippen LogP contribution in [0.4, 0.5) is 13.2 Å². The van der Waals surface area contributed by atoms with Crippen molar-refractivity contribution in [3.8, 4) is 5.88 Å². The van der Waals surface area contributed by atoms with Crippen molar-refractivity contribution in [3.63, 3.8) is 0 Å². The van der Waals surface area contributed by atoms with Crippen molar-refractivity contribution in [2.45, 2.75) is 70.0 Å². The summed E-state index contributed by atoms with van der Waals surface area (Å²) in [4.78, 5) is 16.9. The molecule has 26 heavy (non-hydrogen) atoms. The Morgan fingerprint density at radius 3 is 2.50 bits per heavy atom. The van der Waals surface area contributed by atoms with Gasteiger partial charge in [0.25, 0.3) is 0 Å². The molecule has 2 saturated carbocycles. The van der Waals surface area contributed by atoms with E-state index in [0.29, 0.717) is 0 Å². The normalized spacial score (nSPS) is 21.1. The monoisotopic (exact) mass is 370 g/mol. The lowest BCUT2D eigenvalue weighted by molar-refractivity contribution is -0.154. The second kappa shape index (κ2) is 7.08. The van der Waals surface area contributed by atoms with Gasteiger partial charge in [-0.15, -0.1) is 0 Å². The zero-order chi connectivity index (χ0) is 18.8. The summed E-state index contributed by atoms with van der Waals surface area (Å²) in [6.07, 6.45) is 4.51. The maximum atomic E-state index is 13.0. The van der Waals surface area contributed by atoms with E-state index in [1.807, 2.05) is 0 Å². The first-order valence-electron chi connectivity index (χ1n) is 9.27. The number of carbonyl (C=O) groups excluding carboxylic acids is 1. The predicted octanol–water partition coefficient (Wildman–Crippen LogP) is 4.49. The van der Waals surface area contributed by atoms with Gasteiger partial charge in [0.15, 0.2) is 6.61 Å². The highest BCUT2D eigenvalue weighted by Crippen LogP contribution is 2.48. The number of alkyl halides is 3. The first-order chi connectivity index (χ1) is 12.3. The fourth-order valence-electron chi connectivity index (χ4n) is 3.87. The summed E-state index contributed by atoms with van der Waals surface area (Å²) in [5.41, 5.74) is -0.0352. The van der Waals surface area contributed by atoms with Gasteiger partial charge in [-0.2, -0.15) is 13.2 Å². The third kappa shape index (κ3) is 4.13. The van der Waals surface area contributed by atoms with Crippen molar-refractivity contribution in [2.75, 3.05) is 6.61 Å². The van der Waals surface area contributed by atoms with Crippen LogP contribution < -0.4 is 10.1 Å². The first-order valence-corrected chi connectivity index (χ1v) is 9.27. The van der Waals surface area contributed by atoms with Crippen LogP contribution in [0.5, 0.6) is 5.88 Å². The van der Waals surface area contributed by atoms with E-state index in [9.17, 15) is 18.0 Å². The number of nitrogens with zero attached hydrogens (tertiary/aromatic N) is 1. The molecule has 2 aliphatic rings. The Labute approximate surface area is 151 Å². The fraction of sp³-hybridized carbons (Fsp3) is 0.684. The zero-order valence-corrected chi connectivity index (χ0v) is 15.0. The smallest absolute Gasteiger partial charge is 0.422 e. The Morgan fingerprint density at radius 1 is 1.23 bits per heavy atom. The lowest BCUT2D eigenvalue weighted by atomic mass is 9.71. The molecule has 4 nitrogen and oxygen atoms in total. The van der Waals surface area contributed by atoms with Crippen molar-refractivity contribution in [1.82, 2.24) is 10.3 Å². The average molecular weight is 370 g/mol. The summed E-state index contributed by atoms with van der Waals surface area (Å²) in [5, 5.41) is 3.20. The van der Waals surface area contributed by atoms with Crippen LogP contribution in [0.1, 0.15) is 63.9 Å². The highest BCUT2D eigenvalue weighted by atomic mass is 19.4. The quantitative estimate of drug-likeness (QED) is 0.803. The largest absolute Gasteiger partial charge is 0.468 e. The van der Waals surface area contributed by atoms with Crippen LogP contribution in [0.25, 0.3) is 0 Å². The Kier molecular flexibility index (Phi) is 5.17. The minimum atomic E-state index is -4.41. The fourth-order valence-corrected chi connectivity index (χ4v) is 3.87. The zero-order valence-electron chi connectivity index (χ0n) is 15.0. The maximum absolute atomic E-state index is 13.0. The number of amides is 1. The first kappa shape index (κ1) is 19.0. The van der Waals surface area contributed by atoms with Gasteiger partial charge in [0.2, 0.25) is 11.8 Å². The van der Waals surface area contributed by atoms with Crippen LogP contribution in [0, 0.1) is 5.41 Å². The van der Waals surface area contributed by atoms with Crippen LogP contribution in [0.3, 0.4) is 0 Å². The van der Waals surface area contributed by atoms with Gasteiger partial charge in [-0.1, -0.05) is 26.2 Å². The van der Waals surface area contributed by atoms with Crippen molar-refractivity contribution < 1.29 is 22.7 Å². The Morgan fingerprint density at radius 2 is 1.92 bits per heavy atom. The van der Waals surface area contributed by atoms with Crippen molar-refractivity contribution in [3.05, 3.63) is 23.9 Å². The molecule has 0 saturated heterocycles. The number of halogens is 3. The summed E-state index contributed by atoms with van der Waals surface area (Å²) in [6.45, 7) is 0.682. The van der Waals surface area contributed by atoms with E-state index < -0.39 is 18.3 Å². The van der Waals surface area contributed by atoms with E-state index in [1.54, 1.807) is 6.07 Å². The van der Waals surface area contributed by atoms with Crippen LogP contribution in [-0.2, 0) is 10.3 Å². The maximum Gasteiger partial charge on any atom is 0.422 e. The standard InChI is InChI=1S/C19H25F3N2O2/c1-2-17(7-4-3-5-8-17)16(25)24-18(9-10-18)14-6-11-23-15(12-14)26-13-19(20,21)22/h6,11-12H,2-5,7-10,13H2,1H3,(H,24,25). The van der Waals surface area contributed by atoms with Gasteiger partial charge >= 0.3 is 6.18 Å². The third-order valence-electron chi connectivity index (χ3n) is 5.74. The molecule has 0 spiro atoms. The molecule has 0 bridgehead atoms. The summed E-state index contributed by atoms with van der Waals surface area (Å²) in [6, 6.07) is 3.26. The van der Waals surface area contributed by atoms with E-state index in [2.05, 4.69) is 17.2 Å². The van der Waals surface area contributed by atoms with Gasteiger partial charge in [0, 0.05) is 17.7 Å². The molecule has 0 aromatic carbocycles. The molecule has 1 heterocycles. The second-order valence-corrected chi connectivity index (χ2v) is 7.52. The molecule has 0 radical (unpaired) electrons. The molecular formula is C19H25F3N2O2. The molecule has 1 aromatic rings. The molecule has 3 rings (SSSR count). The Hall–Kier alpha value is -1.79. The van der Waals surface area contributed by atoms with Crippen LogP contribution >= 0.6 is 0 Å². The molecule has 0 unspecified atom stereocenters. The number of hydrogen-bond acceptors (Lipinski definition) is 3. The second-order valence-electron chi connectivity index (χ2n) is 7.52. The Balaban J connectivity index is 1.71. The topological polar surface area (TPSA) is 51.2 Å². The number of carbonyl (C=O) groups is 1. The molecule has 0 atom stereocenters. The predicted molar refractivity (Wildman–Crippen MR) is 90.7 cm³/mol. The van der Waals surface area contributed by atoms with Crippen LogP contribution in [0.15, 0.2) is 18.3 Å². The van der Waals surface area contributed by atoms with Gasteiger partial charge in [0.05, 0.1) is 5.54 Å². The van der Waals surface area contributed by atoms with Gasteiger partial charge in [-0.3, -0.25) is 4.79 Å². The molecule has 1 amide bonds. The number of pyridine rings is 1. The highest BCUT2D eigenvalue weighted by Gasteiger charge is 2.49. The van der Waals surface area contributed by atoms with Gasteiger partial charge < -0.3 is 10.1 Å². The van der Waals surface area contributed by atoms with Crippen LogP contribution in [0.2, 0.25) is 0 Å². The molecule has 2 fully saturated rings. The minimum Gasteiger partial charge on any atom is -0.468 e. The van der Waals surface area contributed by atoms with E-state index in [0.717, 1.165) is 50.5 Å². The molecule has 2 aliphatic carbocycles. The number of rotatable bonds is 6. The number of hydrogen-bond donors (Lipinski definition) is 1. The number of ether oxygens (including phenoxy) is 1. The number of aromatic nitrogens is 1. The summed E-state index contributed by atoms with van der Waals surface area (Å²) < 4.78 is 41.8. The SMILES string of the molecule is CCC1(C(=O)NC2(c3ccnc(OCC(F)(F)F)c3)CC2)CCCCC1. The highest BCUT2D eigenvalue weighted by molar-refractivity contribution is 5.84. The molecular weight excluding hydrogens is 345 g/mol. The lowest BCUT2D eigenvalue weighted by Crippen LogP contribution is -2.46. The van der Waals surface area contributed by atoms with Crippen molar-refractivity contribution >= 4 is 5.91 Å². The summed E-state index contributed by atoms with van der Waals surface area (Å²) in [7, 11) is 0. The Bertz CT molecular complexity index is 650. The number of nitrogens with one attached hydrogen (secondary N) is 1.